The molecule has 1 unspecified atom stereocenters. The number of amides is 1. The molecule has 1 atom stereocenters. The fourth-order valence-corrected chi connectivity index (χ4v) is 3.84. The van der Waals surface area contributed by atoms with Gasteiger partial charge in [-0.1, -0.05) is 18.2 Å². The molecule has 2 aromatic rings. The molecule has 1 aromatic heterocycles. The van der Waals surface area contributed by atoms with Crippen molar-refractivity contribution < 1.29 is 9.53 Å². The molecule has 1 amide bonds. The zero-order valence-electron chi connectivity index (χ0n) is 13.6. The van der Waals surface area contributed by atoms with Gasteiger partial charge in [-0.25, -0.2) is 4.98 Å². The van der Waals surface area contributed by atoms with E-state index in [1.54, 1.807) is 0 Å². The normalized spacial score (nSPS) is 18.0. The van der Waals surface area contributed by atoms with Crippen LogP contribution in [0.3, 0.4) is 0 Å². The number of likely N-dealkylation sites (tertiary alicyclic amines) is 1. The quantitative estimate of drug-likeness (QED) is 0.849. The van der Waals surface area contributed by atoms with Crippen LogP contribution in [0.2, 0.25) is 0 Å². The summed E-state index contributed by atoms with van der Waals surface area (Å²) in [6.07, 6.45) is 3.40. The van der Waals surface area contributed by atoms with Gasteiger partial charge in [-0.15, -0.1) is 11.3 Å². The number of rotatable bonds is 4. The minimum Gasteiger partial charge on any atom is -0.486 e. The fourth-order valence-electron chi connectivity index (χ4n) is 2.90. The zero-order valence-corrected chi connectivity index (χ0v) is 14.4. The molecule has 23 heavy (non-hydrogen) atoms. The number of thiazole rings is 1. The number of carbonyl (C=O) groups excluding carboxylic acids is 1. The van der Waals surface area contributed by atoms with E-state index in [0.717, 1.165) is 40.7 Å². The maximum atomic E-state index is 12.8. The first-order chi connectivity index (χ1) is 11.1. The smallest absolute Gasteiger partial charge is 0.266 e. The van der Waals surface area contributed by atoms with Crippen molar-refractivity contribution in [2.45, 2.75) is 45.8 Å². The molecule has 1 aromatic carbocycles. The van der Waals surface area contributed by atoms with Crippen molar-refractivity contribution in [3.05, 3.63) is 45.9 Å². The Balaban J connectivity index is 1.69. The van der Waals surface area contributed by atoms with Gasteiger partial charge in [0.25, 0.3) is 5.91 Å². The summed E-state index contributed by atoms with van der Waals surface area (Å²) in [4.78, 5) is 20.0. The van der Waals surface area contributed by atoms with Gasteiger partial charge in [-0.3, -0.25) is 4.79 Å². The third-order valence-corrected chi connectivity index (χ3v) is 5.32. The van der Waals surface area contributed by atoms with Crippen LogP contribution < -0.4 is 4.74 Å². The van der Waals surface area contributed by atoms with Crippen molar-refractivity contribution in [2.24, 2.45) is 0 Å². The lowest BCUT2D eigenvalue weighted by Crippen LogP contribution is -2.41. The average molecular weight is 330 g/mol. The van der Waals surface area contributed by atoms with Crippen LogP contribution in [0.4, 0.5) is 0 Å². The van der Waals surface area contributed by atoms with Gasteiger partial charge < -0.3 is 9.64 Å². The van der Waals surface area contributed by atoms with Gasteiger partial charge in [0.2, 0.25) is 0 Å². The van der Waals surface area contributed by atoms with Crippen molar-refractivity contribution in [3.63, 3.8) is 0 Å². The monoisotopic (exact) mass is 330 g/mol. The molecule has 0 N–H and O–H groups in total. The Bertz CT molecular complexity index is 669. The van der Waals surface area contributed by atoms with E-state index in [0.29, 0.717) is 12.6 Å². The molecule has 3 rings (SSSR count). The molecule has 4 nitrogen and oxygen atoms in total. The predicted octanol–water partition coefficient (Wildman–Crippen LogP) is 4.05. The number of aromatic nitrogens is 1. The number of nitrogens with zero attached hydrogens (tertiary/aromatic N) is 2. The molecule has 0 bridgehead atoms. The van der Waals surface area contributed by atoms with Crippen molar-refractivity contribution in [3.8, 4) is 5.75 Å². The highest BCUT2D eigenvalue weighted by molar-refractivity contribution is 7.13. The van der Waals surface area contributed by atoms with Crippen LogP contribution in [0.1, 0.15) is 46.6 Å². The van der Waals surface area contributed by atoms with Crippen LogP contribution in [-0.4, -0.2) is 28.4 Å². The van der Waals surface area contributed by atoms with Gasteiger partial charge in [0.05, 0.1) is 5.69 Å². The van der Waals surface area contributed by atoms with E-state index >= 15 is 0 Å². The first kappa shape index (κ1) is 16.0. The third kappa shape index (κ3) is 3.72. The van der Waals surface area contributed by atoms with E-state index in [1.165, 1.54) is 17.8 Å². The Hall–Kier alpha value is -1.88. The van der Waals surface area contributed by atoms with Crippen molar-refractivity contribution in [1.29, 1.82) is 0 Å². The lowest BCUT2D eigenvalue weighted by Gasteiger charge is -2.33. The van der Waals surface area contributed by atoms with E-state index in [-0.39, 0.29) is 5.91 Å². The second-order valence-electron chi connectivity index (χ2n) is 5.97. The minimum atomic E-state index is 0.123. The van der Waals surface area contributed by atoms with E-state index in [2.05, 4.69) is 11.9 Å². The summed E-state index contributed by atoms with van der Waals surface area (Å²) in [6, 6.07) is 9.99. The molecule has 1 fully saturated rings. The van der Waals surface area contributed by atoms with Crippen LogP contribution in [0.25, 0.3) is 0 Å². The van der Waals surface area contributed by atoms with Crippen LogP contribution in [0.15, 0.2) is 30.3 Å². The van der Waals surface area contributed by atoms with Crippen LogP contribution in [0.5, 0.6) is 5.75 Å². The second-order valence-corrected chi connectivity index (χ2v) is 7.05. The number of ether oxygens (including phenoxy) is 1. The SMILES string of the molecule is Cc1nc(COc2ccccc2)sc1C(=O)N1CCCCC1C. The van der Waals surface area contributed by atoms with Crippen LogP contribution >= 0.6 is 11.3 Å². The molecule has 0 radical (unpaired) electrons. The molecular weight excluding hydrogens is 308 g/mol. The van der Waals surface area contributed by atoms with Crippen molar-refractivity contribution in [1.82, 2.24) is 9.88 Å². The van der Waals surface area contributed by atoms with Crippen molar-refractivity contribution in [2.75, 3.05) is 6.54 Å². The highest BCUT2D eigenvalue weighted by atomic mass is 32.1. The summed E-state index contributed by atoms with van der Waals surface area (Å²) in [7, 11) is 0. The Morgan fingerprint density at radius 3 is 2.87 bits per heavy atom. The Morgan fingerprint density at radius 1 is 1.35 bits per heavy atom. The van der Waals surface area contributed by atoms with Gasteiger partial charge in [0, 0.05) is 12.6 Å². The first-order valence-corrected chi connectivity index (χ1v) is 8.92. The van der Waals surface area contributed by atoms with Crippen LogP contribution in [0, 0.1) is 6.92 Å². The summed E-state index contributed by atoms with van der Waals surface area (Å²) in [5, 5.41) is 0.847. The van der Waals surface area contributed by atoms with E-state index < -0.39 is 0 Å². The highest BCUT2D eigenvalue weighted by Gasteiger charge is 2.27. The Kier molecular flexibility index (Phi) is 4.96. The fraction of sp³-hybridized carbons (Fsp3) is 0.444. The molecule has 0 aliphatic carbocycles. The molecule has 0 saturated carbocycles. The van der Waals surface area contributed by atoms with Gasteiger partial charge in [-0.2, -0.15) is 0 Å². The number of piperidine rings is 1. The van der Waals surface area contributed by atoms with Gasteiger partial charge in [-0.05, 0) is 45.2 Å². The maximum absolute atomic E-state index is 12.8. The summed E-state index contributed by atoms with van der Waals surface area (Å²) >= 11 is 1.46. The van der Waals surface area contributed by atoms with Gasteiger partial charge in [0.1, 0.15) is 22.2 Å². The van der Waals surface area contributed by atoms with E-state index in [9.17, 15) is 4.79 Å². The molecule has 122 valence electrons. The number of aryl methyl sites for hydroxylation is 1. The number of para-hydroxylation sites is 1. The second kappa shape index (κ2) is 7.13. The average Bonchev–Trinajstić information content (AvgIpc) is 2.95. The Labute approximate surface area is 141 Å². The number of carbonyl (C=O) groups is 1. The largest absolute Gasteiger partial charge is 0.486 e. The lowest BCUT2D eigenvalue weighted by atomic mass is 10.0. The lowest BCUT2D eigenvalue weighted by molar-refractivity contribution is 0.0639. The molecule has 5 heteroatoms. The first-order valence-electron chi connectivity index (χ1n) is 8.10. The van der Waals surface area contributed by atoms with Gasteiger partial charge in [0.15, 0.2) is 0 Å². The highest BCUT2D eigenvalue weighted by Crippen LogP contribution is 2.25. The molecule has 2 heterocycles. The molecule has 1 aliphatic heterocycles. The zero-order chi connectivity index (χ0) is 16.2. The molecule has 0 spiro atoms. The third-order valence-electron chi connectivity index (χ3n) is 4.20. The summed E-state index contributed by atoms with van der Waals surface area (Å²) in [5.41, 5.74) is 0.810. The molecular formula is C18H22N2O2S. The van der Waals surface area contributed by atoms with Crippen molar-refractivity contribution >= 4 is 17.2 Å². The Morgan fingerprint density at radius 2 is 2.13 bits per heavy atom. The number of benzene rings is 1. The summed E-state index contributed by atoms with van der Waals surface area (Å²) in [6.45, 7) is 5.29. The summed E-state index contributed by atoms with van der Waals surface area (Å²) < 4.78 is 5.73. The van der Waals surface area contributed by atoms with Crippen LogP contribution in [-0.2, 0) is 6.61 Å². The standard InChI is InChI=1S/C18H22N2O2S/c1-13-8-6-7-11-20(13)18(21)17-14(2)19-16(23-17)12-22-15-9-4-3-5-10-15/h3-5,9-10,13H,6-8,11-12H2,1-2H3. The number of hydrogen-bond donors (Lipinski definition) is 0. The predicted molar refractivity (Wildman–Crippen MR) is 92.0 cm³/mol. The van der Waals surface area contributed by atoms with E-state index in [4.69, 9.17) is 4.74 Å². The van der Waals surface area contributed by atoms with Gasteiger partial charge >= 0.3 is 0 Å². The summed E-state index contributed by atoms with van der Waals surface area (Å²) in [5.74, 6) is 0.941. The van der Waals surface area contributed by atoms with E-state index in [1.807, 2.05) is 42.2 Å². The molecule has 1 saturated heterocycles. The maximum Gasteiger partial charge on any atom is 0.266 e. The topological polar surface area (TPSA) is 42.4 Å². The molecule has 1 aliphatic rings. The minimum absolute atomic E-state index is 0.123. The number of hydrogen-bond acceptors (Lipinski definition) is 4.